The van der Waals surface area contributed by atoms with Gasteiger partial charge in [0.25, 0.3) is 5.91 Å². The van der Waals surface area contributed by atoms with Crippen molar-refractivity contribution >= 4 is 35.2 Å². The highest BCUT2D eigenvalue weighted by Gasteiger charge is 2.39. The van der Waals surface area contributed by atoms with Crippen LogP contribution in [-0.2, 0) is 20.8 Å². The highest BCUT2D eigenvalue weighted by molar-refractivity contribution is 7.98. The van der Waals surface area contributed by atoms with Crippen LogP contribution in [0, 0.1) is 5.82 Å². The van der Waals surface area contributed by atoms with Crippen molar-refractivity contribution in [1.82, 2.24) is 10.6 Å². The molecule has 4 N–H and O–H groups in total. The summed E-state index contributed by atoms with van der Waals surface area (Å²) in [6, 6.07) is 13.0. The Morgan fingerprint density at radius 2 is 1.82 bits per heavy atom. The molecule has 0 radical (unpaired) electrons. The number of carbonyl (C=O) groups is 3. The minimum atomic E-state index is -0.814. The summed E-state index contributed by atoms with van der Waals surface area (Å²) < 4.78 is 13.1. The standard InChI is InChI=1S/C24H29FN4O3S/c1-33-14-13-19(26)22(30)27-20(12-7-16-5-3-2-4-6-16)23(31)28-21-15-29(24(21)32)18-10-8-17(25)9-11-18/h2-6,8-11,19-21H,7,12-15,26H2,1H3,(H,27,30)(H,28,31)/t19-,20-,21+/m0/s1. The summed E-state index contributed by atoms with van der Waals surface area (Å²) in [6.45, 7) is 0.281. The number of benzene rings is 2. The molecule has 1 aliphatic rings. The molecule has 7 nitrogen and oxygen atoms in total. The van der Waals surface area contributed by atoms with Gasteiger partial charge in [-0.25, -0.2) is 4.39 Å². The summed E-state index contributed by atoms with van der Waals surface area (Å²) in [6.07, 6.45) is 3.40. The van der Waals surface area contributed by atoms with Crippen LogP contribution in [0.5, 0.6) is 0 Å². The van der Waals surface area contributed by atoms with Crippen molar-refractivity contribution < 1.29 is 18.8 Å². The number of rotatable bonds is 11. The van der Waals surface area contributed by atoms with E-state index >= 15 is 0 Å². The van der Waals surface area contributed by atoms with Gasteiger partial charge in [0.1, 0.15) is 17.9 Å². The predicted octanol–water partition coefficient (Wildman–Crippen LogP) is 1.86. The Morgan fingerprint density at radius 3 is 2.45 bits per heavy atom. The first-order valence-corrected chi connectivity index (χ1v) is 12.2. The first kappa shape index (κ1) is 24.7. The molecule has 3 atom stereocenters. The number of halogens is 1. The van der Waals surface area contributed by atoms with Crippen LogP contribution in [-0.4, -0.2) is 54.4 Å². The zero-order valence-electron chi connectivity index (χ0n) is 18.5. The van der Waals surface area contributed by atoms with Gasteiger partial charge in [-0.15, -0.1) is 0 Å². The van der Waals surface area contributed by atoms with E-state index in [2.05, 4.69) is 10.6 Å². The van der Waals surface area contributed by atoms with Crippen LogP contribution >= 0.6 is 11.8 Å². The fraction of sp³-hybridized carbons (Fsp3) is 0.375. The number of β-lactam (4-membered cyclic amide) rings is 1. The zero-order valence-corrected chi connectivity index (χ0v) is 19.3. The number of nitrogens with one attached hydrogen (secondary N) is 2. The molecular formula is C24H29FN4O3S. The monoisotopic (exact) mass is 472 g/mol. The molecule has 1 aliphatic heterocycles. The minimum absolute atomic E-state index is 0.278. The number of nitrogens with two attached hydrogens (primary N) is 1. The molecule has 33 heavy (non-hydrogen) atoms. The molecule has 0 spiro atoms. The molecule has 0 aliphatic carbocycles. The van der Waals surface area contributed by atoms with E-state index in [9.17, 15) is 18.8 Å². The summed E-state index contributed by atoms with van der Waals surface area (Å²) in [5.41, 5.74) is 7.58. The number of carbonyl (C=O) groups excluding carboxylic acids is 3. The lowest BCUT2D eigenvalue weighted by atomic mass is 10.0. The lowest BCUT2D eigenvalue weighted by Gasteiger charge is -2.39. The van der Waals surface area contributed by atoms with Crippen molar-refractivity contribution in [3.8, 4) is 0 Å². The quantitative estimate of drug-likeness (QED) is 0.433. The SMILES string of the molecule is CSCC[C@H](N)C(=O)N[C@@H](CCc1ccccc1)C(=O)N[C@@H]1CN(c2ccc(F)cc2)C1=O. The fourth-order valence-corrected chi connectivity index (χ4v) is 4.03. The normalized spacial score (nSPS) is 17.1. The summed E-state index contributed by atoms with van der Waals surface area (Å²) in [5.74, 6) is -0.728. The summed E-state index contributed by atoms with van der Waals surface area (Å²) >= 11 is 1.60. The number of hydrogen-bond donors (Lipinski definition) is 3. The average molecular weight is 473 g/mol. The predicted molar refractivity (Wildman–Crippen MR) is 128 cm³/mol. The third-order valence-electron chi connectivity index (χ3n) is 5.55. The van der Waals surface area contributed by atoms with Gasteiger partial charge in [-0.1, -0.05) is 30.3 Å². The van der Waals surface area contributed by atoms with E-state index in [0.29, 0.717) is 24.9 Å². The van der Waals surface area contributed by atoms with Crippen LogP contribution in [0.2, 0.25) is 0 Å². The van der Waals surface area contributed by atoms with E-state index in [0.717, 1.165) is 11.3 Å². The molecule has 0 bridgehead atoms. The van der Waals surface area contributed by atoms with Gasteiger partial charge >= 0.3 is 0 Å². The molecule has 0 aromatic heterocycles. The topological polar surface area (TPSA) is 105 Å². The highest BCUT2D eigenvalue weighted by atomic mass is 32.2. The van der Waals surface area contributed by atoms with E-state index in [1.807, 2.05) is 36.6 Å². The van der Waals surface area contributed by atoms with E-state index < -0.39 is 24.0 Å². The second-order valence-electron chi connectivity index (χ2n) is 7.96. The molecule has 1 fully saturated rings. The number of anilines is 1. The summed E-state index contributed by atoms with van der Waals surface area (Å²) in [5, 5.41) is 5.50. The maximum Gasteiger partial charge on any atom is 0.251 e. The largest absolute Gasteiger partial charge is 0.343 e. The van der Waals surface area contributed by atoms with Crippen LogP contribution in [0.3, 0.4) is 0 Å². The number of hydrogen-bond acceptors (Lipinski definition) is 5. The molecule has 0 unspecified atom stereocenters. The van der Waals surface area contributed by atoms with Crippen molar-refractivity contribution in [2.45, 2.75) is 37.4 Å². The van der Waals surface area contributed by atoms with Crippen molar-refractivity contribution in [2.24, 2.45) is 5.73 Å². The summed E-state index contributed by atoms with van der Waals surface area (Å²) in [4.78, 5) is 39.5. The molecule has 1 heterocycles. The first-order chi connectivity index (χ1) is 15.9. The molecule has 176 valence electrons. The number of thioether (sulfide) groups is 1. The Labute approximate surface area is 197 Å². The maximum atomic E-state index is 13.1. The van der Waals surface area contributed by atoms with Gasteiger partial charge in [-0.3, -0.25) is 14.4 Å². The first-order valence-electron chi connectivity index (χ1n) is 10.8. The molecule has 0 saturated carbocycles. The van der Waals surface area contributed by atoms with E-state index in [1.54, 1.807) is 11.8 Å². The Bertz CT molecular complexity index is 958. The maximum absolute atomic E-state index is 13.1. The van der Waals surface area contributed by atoms with Crippen molar-refractivity contribution in [3.63, 3.8) is 0 Å². The van der Waals surface area contributed by atoms with Crippen LogP contribution in [0.15, 0.2) is 54.6 Å². The average Bonchev–Trinajstić information content (AvgIpc) is 2.83. The van der Waals surface area contributed by atoms with Gasteiger partial charge in [-0.2, -0.15) is 11.8 Å². The highest BCUT2D eigenvalue weighted by Crippen LogP contribution is 2.22. The molecule has 1 saturated heterocycles. The zero-order chi connectivity index (χ0) is 23.8. The van der Waals surface area contributed by atoms with Crippen molar-refractivity contribution in [1.29, 1.82) is 0 Å². The Balaban J connectivity index is 1.61. The van der Waals surface area contributed by atoms with E-state index in [1.165, 1.54) is 29.2 Å². The molecule has 2 aromatic rings. The smallest absolute Gasteiger partial charge is 0.251 e. The van der Waals surface area contributed by atoms with Gasteiger partial charge in [0, 0.05) is 5.69 Å². The molecule has 9 heteroatoms. The summed E-state index contributed by atoms with van der Waals surface area (Å²) in [7, 11) is 0. The number of amides is 3. The Kier molecular flexibility index (Phi) is 8.85. The van der Waals surface area contributed by atoms with Gasteiger partial charge in [0.15, 0.2) is 0 Å². The molecule has 3 amide bonds. The van der Waals surface area contributed by atoms with Gasteiger partial charge < -0.3 is 21.3 Å². The molecular weight excluding hydrogens is 443 g/mol. The number of nitrogens with zero attached hydrogens (tertiary/aromatic N) is 1. The van der Waals surface area contributed by atoms with Gasteiger partial charge in [0.05, 0.1) is 12.6 Å². The van der Waals surface area contributed by atoms with Gasteiger partial charge in [0.2, 0.25) is 11.8 Å². The Hall–Kier alpha value is -2.91. The van der Waals surface area contributed by atoms with E-state index in [-0.39, 0.29) is 24.2 Å². The number of aryl methyl sites for hydroxylation is 1. The van der Waals surface area contributed by atoms with Crippen LogP contribution < -0.4 is 21.3 Å². The lowest BCUT2D eigenvalue weighted by Crippen LogP contribution is -2.66. The fourth-order valence-electron chi connectivity index (χ4n) is 3.54. The van der Waals surface area contributed by atoms with Crippen LogP contribution in [0.1, 0.15) is 18.4 Å². The van der Waals surface area contributed by atoms with Crippen LogP contribution in [0.25, 0.3) is 0 Å². The van der Waals surface area contributed by atoms with Gasteiger partial charge in [-0.05, 0) is 61.1 Å². The van der Waals surface area contributed by atoms with Crippen LogP contribution in [0.4, 0.5) is 10.1 Å². The molecule has 2 aromatic carbocycles. The minimum Gasteiger partial charge on any atom is -0.343 e. The molecule has 3 rings (SSSR count). The third-order valence-corrected chi connectivity index (χ3v) is 6.20. The Morgan fingerprint density at radius 1 is 1.12 bits per heavy atom. The third kappa shape index (κ3) is 6.79. The van der Waals surface area contributed by atoms with Crippen molar-refractivity contribution in [3.05, 3.63) is 66.0 Å². The second kappa shape index (κ2) is 11.8. The van der Waals surface area contributed by atoms with Crippen molar-refractivity contribution in [2.75, 3.05) is 23.5 Å². The van der Waals surface area contributed by atoms with E-state index in [4.69, 9.17) is 5.73 Å². The second-order valence-corrected chi connectivity index (χ2v) is 8.95. The lowest BCUT2D eigenvalue weighted by molar-refractivity contribution is -0.133.